The highest BCUT2D eigenvalue weighted by Gasteiger charge is 2.16. The second-order valence-corrected chi connectivity index (χ2v) is 8.20. The zero-order valence-electron chi connectivity index (χ0n) is 18.9. The van der Waals surface area contributed by atoms with E-state index >= 15 is 0 Å². The fourth-order valence-electron chi connectivity index (χ4n) is 2.86. The Morgan fingerprint density at radius 3 is 2.22 bits per heavy atom. The highest BCUT2D eigenvalue weighted by atomic mass is 35.5. The van der Waals surface area contributed by atoms with E-state index in [0.29, 0.717) is 27.7 Å². The van der Waals surface area contributed by atoms with E-state index < -0.39 is 16.9 Å². The average Bonchev–Trinajstić information content (AvgIpc) is 2.85. The van der Waals surface area contributed by atoms with Crippen molar-refractivity contribution in [2.45, 2.75) is 13.0 Å². The first-order chi connectivity index (χ1) is 17.2. The zero-order chi connectivity index (χ0) is 26.1. The van der Waals surface area contributed by atoms with E-state index in [9.17, 15) is 19.7 Å². The van der Waals surface area contributed by atoms with Crippen LogP contribution in [0.25, 0.3) is 6.08 Å². The van der Waals surface area contributed by atoms with Gasteiger partial charge in [0.15, 0.2) is 11.2 Å². The number of para-hydroxylation sites is 1. The number of nitrogens with zero attached hydrogens (tertiary/aromatic N) is 1. The molecule has 0 bridgehead atoms. The Kier molecular flexibility index (Phi) is 9.09. The third-order valence-corrected chi connectivity index (χ3v) is 5.20. The van der Waals surface area contributed by atoms with Crippen molar-refractivity contribution in [1.29, 1.82) is 0 Å². The third-order valence-electron chi connectivity index (χ3n) is 4.69. The number of thiocarbonyl (C=S) groups is 1. The summed E-state index contributed by atoms with van der Waals surface area (Å²) in [4.78, 5) is 34.7. The van der Waals surface area contributed by atoms with E-state index in [1.165, 1.54) is 36.4 Å². The van der Waals surface area contributed by atoms with Crippen LogP contribution in [0.3, 0.4) is 0 Å². The number of carbonyl (C=O) groups excluding carboxylic acids is 2. The van der Waals surface area contributed by atoms with E-state index in [4.69, 9.17) is 28.6 Å². The quantitative estimate of drug-likeness (QED) is 0.160. The van der Waals surface area contributed by atoms with Gasteiger partial charge in [-0.25, -0.2) is 0 Å². The Bertz CT molecular complexity index is 1300. The Morgan fingerprint density at radius 1 is 1.00 bits per heavy atom. The smallest absolute Gasteiger partial charge is 0.269 e. The molecule has 9 nitrogen and oxygen atoms in total. The van der Waals surface area contributed by atoms with Gasteiger partial charge in [0.2, 0.25) is 5.91 Å². The summed E-state index contributed by atoms with van der Waals surface area (Å²) in [6, 6.07) is 19.3. The van der Waals surface area contributed by atoms with Gasteiger partial charge in [-0.15, -0.1) is 0 Å². The number of non-ortho nitro benzene ring substituents is 1. The van der Waals surface area contributed by atoms with Gasteiger partial charge in [0.05, 0.1) is 9.95 Å². The van der Waals surface area contributed by atoms with Crippen molar-refractivity contribution in [3.05, 3.63) is 99.6 Å². The van der Waals surface area contributed by atoms with Gasteiger partial charge in [0.1, 0.15) is 5.75 Å². The molecular weight excluding hydrogens is 504 g/mol. The Hall–Kier alpha value is -4.28. The van der Waals surface area contributed by atoms with Crippen LogP contribution < -0.4 is 20.7 Å². The first kappa shape index (κ1) is 26.3. The molecule has 3 N–H and O–H groups in total. The molecule has 2 amide bonds. The average molecular weight is 525 g/mol. The lowest BCUT2D eigenvalue weighted by Gasteiger charge is -2.16. The number of nitro benzene ring substituents is 1. The van der Waals surface area contributed by atoms with E-state index in [1.807, 2.05) is 0 Å². The number of anilines is 2. The van der Waals surface area contributed by atoms with Crippen LogP contribution in [0.5, 0.6) is 5.75 Å². The fraction of sp³-hybridized carbons (Fsp3) is 0.0800. The molecule has 0 aromatic heterocycles. The summed E-state index contributed by atoms with van der Waals surface area (Å²) < 4.78 is 5.61. The molecule has 0 aliphatic carbocycles. The molecule has 0 aliphatic rings. The molecule has 1 unspecified atom stereocenters. The molecule has 3 aromatic carbocycles. The van der Waals surface area contributed by atoms with Crippen LogP contribution in [-0.4, -0.2) is 28.0 Å². The molecule has 3 rings (SSSR count). The summed E-state index contributed by atoms with van der Waals surface area (Å²) >= 11 is 11.2. The second kappa shape index (κ2) is 12.4. The molecule has 0 fully saturated rings. The summed E-state index contributed by atoms with van der Waals surface area (Å²) in [7, 11) is 0. The highest BCUT2D eigenvalue weighted by molar-refractivity contribution is 7.80. The third kappa shape index (κ3) is 7.90. The van der Waals surface area contributed by atoms with Gasteiger partial charge in [-0.1, -0.05) is 23.7 Å². The largest absolute Gasteiger partial charge is 0.479 e. The van der Waals surface area contributed by atoms with Gasteiger partial charge in [-0.2, -0.15) is 0 Å². The Morgan fingerprint density at radius 2 is 1.61 bits per heavy atom. The minimum atomic E-state index is -0.774. The molecule has 1 atom stereocenters. The number of hydrogen-bond acceptors (Lipinski definition) is 6. The topological polar surface area (TPSA) is 123 Å². The van der Waals surface area contributed by atoms with Crippen LogP contribution in [0.15, 0.2) is 78.9 Å². The minimum absolute atomic E-state index is 0.0347. The maximum atomic E-state index is 12.4. The number of ether oxygens (including phenoxy) is 1. The molecule has 0 saturated heterocycles. The van der Waals surface area contributed by atoms with Gasteiger partial charge >= 0.3 is 0 Å². The number of halogens is 1. The number of amides is 2. The van der Waals surface area contributed by atoms with Crippen LogP contribution in [0.1, 0.15) is 12.5 Å². The van der Waals surface area contributed by atoms with Crippen LogP contribution in [-0.2, 0) is 9.59 Å². The normalized spacial score (nSPS) is 11.4. The van der Waals surface area contributed by atoms with E-state index in [0.717, 1.165) is 0 Å². The summed E-state index contributed by atoms with van der Waals surface area (Å²) in [5.74, 6) is -0.403. The van der Waals surface area contributed by atoms with Crippen molar-refractivity contribution in [2.75, 3.05) is 10.6 Å². The lowest BCUT2D eigenvalue weighted by atomic mass is 10.2. The molecule has 184 valence electrons. The molecule has 0 aliphatic heterocycles. The van der Waals surface area contributed by atoms with Crippen molar-refractivity contribution < 1.29 is 19.2 Å². The SMILES string of the molecule is CC(Oc1ccccc1Cl)C(=O)Nc1ccc(NC(=S)NC(=O)/C=C/c2ccc([N+](=O)[O-])cc2)cc1. The van der Waals surface area contributed by atoms with Gasteiger partial charge < -0.3 is 15.4 Å². The van der Waals surface area contributed by atoms with E-state index in [1.54, 1.807) is 55.5 Å². The molecule has 3 aromatic rings. The fourth-order valence-corrected chi connectivity index (χ4v) is 3.26. The second-order valence-electron chi connectivity index (χ2n) is 7.38. The van der Waals surface area contributed by atoms with Gasteiger partial charge in [0, 0.05) is 29.6 Å². The van der Waals surface area contributed by atoms with Crippen LogP contribution in [0.4, 0.5) is 17.1 Å². The molecule has 36 heavy (non-hydrogen) atoms. The van der Waals surface area contributed by atoms with Crippen LogP contribution >= 0.6 is 23.8 Å². The highest BCUT2D eigenvalue weighted by Crippen LogP contribution is 2.24. The van der Waals surface area contributed by atoms with Gasteiger partial charge in [-0.3, -0.25) is 25.0 Å². The molecule has 0 heterocycles. The van der Waals surface area contributed by atoms with Gasteiger partial charge in [0.25, 0.3) is 11.6 Å². The number of rotatable bonds is 8. The number of nitro groups is 1. The first-order valence-corrected chi connectivity index (χ1v) is 11.4. The van der Waals surface area contributed by atoms with Crippen molar-refractivity contribution in [3.63, 3.8) is 0 Å². The van der Waals surface area contributed by atoms with E-state index in [2.05, 4.69) is 16.0 Å². The van der Waals surface area contributed by atoms with Crippen molar-refractivity contribution >= 4 is 63.9 Å². The van der Waals surface area contributed by atoms with Gasteiger partial charge in [-0.05, 0) is 79.3 Å². The number of hydrogen-bond donors (Lipinski definition) is 3. The molecule has 0 radical (unpaired) electrons. The molecule has 11 heteroatoms. The minimum Gasteiger partial charge on any atom is -0.479 e. The number of benzene rings is 3. The number of carbonyl (C=O) groups is 2. The molecular formula is C25H21ClN4O5S. The molecule has 0 saturated carbocycles. The van der Waals surface area contributed by atoms with Crippen molar-refractivity contribution in [3.8, 4) is 5.75 Å². The predicted octanol–water partition coefficient (Wildman–Crippen LogP) is 5.18. The Labute approximate surface area is 217 Å². The van der Waals surface area contributed by atoms with E-state index in [-0.39, 0.29) is 16.7 Å². The number of nitrogens with one attached hydrogen (secondary N) is 3. The van der Waals surface area contributed by atoms with Crippen molar-refractivity contribution in [1.82, 2.24) is 5.32 Å². The summed E-state index contributed by atoms with van der Waals surface area (Å²) in [6.07, 6.45) is 2.00. The first-order valence-electron chi connectivity index (χ1n) is 10.6. The Balaban J connectivity index is 1.47. The monoisotopic (exact) mass is 524 g/mol. The summed E-state index contributed by atoms with van der Waals surface area (Å²) in [6.45, 7) is 1.62. The van der Waals surface area contributed by atoms with Crippen LogP contribution in [0.2, 0.25) is 5.02 Å². The van der Waals surface area contributed by atoms with Crippen molar-refractivity contribution in [2.24, 2.45) is 0 Å². The standard InChI is InChI=1S/C25H21ClN4O5S/c1-16(35-22-5-3-2-4-21(22)26)24(32)27-18-9-11-19(12-10-18)28-25(36)29-23(31)15-8-17-6-13-20(14-7-17)30(33)34/h2-16H,1H3,(H,27,32)(H2,28,29,31,36)/b15-8+. The summed E-state index contributed by atoms with van der Waals surface area (Å²) in [5, 5.41) is 19.3. The maximum Gasteiger partial charge on any atom is 0.269 e. The lowest BCUT2D eigenvalue weighted by Crippen LogP contribution is -2.32. The lowest BCUT2D eigenvalue weighted by molar-refractivity contribution is -0.384. The maximum absolute atomic E-state index is 12.4. The van der Waals surface area contributed by atoms with Crippen LogP contribution in [0, 0.1) is 10.1 Å². The summed E-state index contributed by atoms with van der Waals surface area (Å²) in [5.41, 5.74) is 1.73. The zero-order valence-corrected chi connectivity index (χ0v) is 20.5. The molecule has 0 spiro atoms. The predicted molar refractivity (Wildman–Crippen MR) is 143 cm³/mol.